The predicted molar refractivity (Wildman–Crippen MR) is 446 cm³/mol. The van der Waals surface area contributed by atoms with Gasteiger partial charge in [-0.3, -0.25) is 0 Å². The Hall–Kier alpha value is -12.2. The Bertz CT molecular complexity index is 6310. The molecule has 0 aliphatic rings. The van der Waals surface area contributed by atoms with Crippen LogP contribution in [0.3, 0.4) is 0 Å². The third-order valence-electron chi connectivity index (χ3n) is 21.3. The van der Waals surface area contributed by atoms with E-state index in [2.05, 4.69) is 336 Å². The van der Waals surface area contributed by atoms with Crippen LogP contribution in [-0.2, 0) is 26.2 Å². The summed E-state index contributed by atoms with van der Waals surface area (Å²) in [4.78, 5) is 0. The Morgan fingerprint density at radius 3 is 0.627 bits per heavy atom. The van der Waals surface area contributed by atoms with Crippen LogP contribution in [0.5, 0.6) is 0 Å². The van der Waals surface area contributed by atoms with Gasteiger partial charge in [0.05, 0.1) is 11.0 Å². The molecular weight excluding hydrogens is 1230 g/mol. The predicted octanol–water partition coefficient (Wildman–Crippen LogP) is 27.5. The van der Waals surface area contributed by atoms with Crippen LogP contribution in [0.25, 0.3) is 173 Å². The van der Waals surface area contributed by atoms with Crippen molar-refractivity contribution >= 4 is 173 Å². The monoisotopic (exact) mass is 1310 g/mol. The number of aryl methyl sites for hydroxylation is 3. The van der Waals surface area contributed by atoms with Crippen LogP contribution in [0.2, 0.25) is 0 Å². The Morgan fingerprint density at radius 2 is 0.392 bits per heavy atom. The normalized spacial score (nSPS) is 11.7. The van der Waals surface area contributed by atoms with Crippen LogP contribution in [0.1, 0.15) is 38.5 Å². The molecule has 0 atom stereocenters. The summed E-state index contributed by atoms with van der Waals surface area (Å²) in [5.74, 6) is 0. The number of fused-ring (bicyclic) bond motifs is 28. The standard InChI is InChI=1S/C26H23N.C25H21N.C24H19N.C23H17N/c1-2-3-4-9-18-27-23-16-14-19-10-5-7-12-21(19)25(23)26-22-13-8-6-11-20(22)15-17-24(26)27;1-2-3-8-17-26-22-15-13-18-9-4-6-11-20(18)24(22)25-21-12-7-5-10-19(21)14-16-23(25)26;1-2-3-16-25-21-14-12-17-8-4-6-10-19(17)23(21)24-20-11-7-5-9-18(20)13-15-22(24)25;1-2-15-24-20-13-11-16-7-3-5-9-18(16)22(20)23-19-10-6-4-8-17(19)12-14-21(23)24/h2,5-8,10-17H,1,3-4,9,18H2;2,4-7,9-16H,1,3,8,17H2;2,4-15H,1,3,16H2;2-14H,1,15H2. The highest BCUT2D eigenvalue weighted by Gasteiger charge is 2.20. The molecule has 4 nitrogen and oxygen atoms in total. The molecule has 0 amide bonds. The van der Waals surface area contributed by atoms with E-state index in [0.717, 1.165) is 51.9 Å². The summed E-state index contributed by atoms with van der Waals surface area (Å²) in [6, 6.07) is 106. The van der Waals surface area contributed by atoms with E-state index >= 15 is 0 Å². The zero-order valence-corrected chi connectivity index (χ0v) is 57.7. The van der Waals surface area contributed by atoms with Gasteiger partial charge in [-0.15, -0.1) is 26.3 Å². The molecule has 0 saturated heterocycles. The van der Waals surface area contributed by atoms with E-state index in [1.807, 2.05) is 24.3 Å². The molecule has 16 aromatic carbocycles. The Morgan fingerprint density at radius 1 is 0.186 bits per heavy atom. The van der Waals surface area contributed by atoms with Gasteiger partial charge in [0.1, 0.15) is 0 Å². The molecule has 0 fully saturated rings. The summed E-state index contributed by atoms with van der Waals surface area (Å²) in [6.07, 6.45) is 14.6. The maximum Gasteiger partial charge on any atom is 0.0501 e. The average molecular weight is 1310 g/mol. The van der Waals surface area contributed by atoms with Gasteiger partial charge in [-0.1, -0.05) is 267 Å². The van der Waals surface area contributed by atoms with Gasteiger partial charge in [-0.05, 0) is 173 Å². The van der Waals surface area contributed by atoms with E-state index in [9.17, 15) is 0 Å². The molecule has 0 spiro atoms. The number of aromatic nitrogens is 4. The van der Waals surface area contributed by atoms with E-state index < -0.39 is 0 Å². The summed E-state index contributed by atoms with van der Waals surface area (Å²) in [5, 5.41) is 32.1. The molecule has 0 unspecified atom stereocenters. The summed E-state index contributed by atoms with van der Waals surface area (Å²) in [7, 11) is 0. The second-order valence-corrected chi connectivity index (χ2v) is 27.1. The van der Waals surface area contributed by atoms with Crippen molar-refractivity contribution in [3.63, 3.8) is 0 Å². The number of nitrogens with zero attached hydrogens (tertiary/aromatic N) is 4. The van der Waals surface area contributed by atoms with Crippen LogP contribution >= 0.6 is 0 Å². The van der Waals surface area contributed by atoms with Gasteiger partial charge in [0, 0.05) is 102 Å². The molecule has 20 rings (SSSR count). The zero-order chi connectivity index (χ0) is 68.6. The highest BCUT2D eigenvalue weighted by molar-refractivity contribution is 6.32. The topological polar surface area (TPSA) is 19.7 Å². The third-order valence-corrected chi connectivity index (χ3v) is 21.3. The molecule has 0 N–H and O–H groups in total. The van der Waals surface area contributed by atoms with Crippen LogP contribution in [0.4, 0.5) is 0 Å². The molecule has 0 radical (unpaired) electrons. The summed E-state index contributed by atoms with van der Waals surface area (Å²) in [5.41, 5.74) is 10.5. The lowest BCUT2D eigenvalue weighted by atomic mass is 10.00. The lowest BCUT2D eigenvalue weighted by Gasteiger charge is -2.08. The lowest BCUT2D eigenvalue weighted by Crippen LogP contribution is -1.97. The number of rotatable bonds is 14. The zero-order valence-electron chi connectivity index (χ0n) is 57.7. The SMILES string of the molecule is C=CCCCCn1c2ccc3ccccc3c2c2c3ccccc3ccc21.C=CCCCn1c2ccc3ccccc3c2c2c3ccccc3ccc21.C=CCCn1c2ccc3ccccc3c2c2c3ccccc3ccc21.C=CCn1c2ccc3ccccc3c2c2c3ccccc3ccc21. The summed E-state index contributed by atoms with van der Waals surface area (Å²) >= 11 is 0. The second-order valence-electron chi connectivity index (χ2n) is 27.1. The van der Waals surface area contributed by atoms with Crippen molar-refractivity contribution in [2.24, 2.45) is 0 Å². The van der Waals surface area contributed by atoms with Gasteiger partial charge in [0.25, 0.3) is 0 Å². The summed E-state index contributed by atoms with van der Waals surface area (Å²) in [6.45, 7) is 19.4. The average Bonchev–Trinajstić information content (AvgIpc) is 1.60. The van der Waals surface area contributed by atoms with Crippen molar-refractivity contribution in [3.05, 3.63) is 342 Å². The van der Waals surface area contributed by atoms with Gasteiger partial charge < -0.3 is 18.3 Å². The molecule has 4 heteroatoms. The molecule has 102 heavy (non-hydrogen) atoms. The largest absolute Gasteiger partial charge is 0.340 e. The van der Waals surface area contributed by atoms with Gasteiger partial charge in [-0.2, -0.15) is 0 Å². The maximum absolute atomic E-state index is 3.95. The number of allylic oxidation sites excluding steroid dienone is 4. The van der Waals surface area contributed by atoms with Gasteiger partial charge >= 0.3 is 0 Å². The van der Waals surface area contributed by atoms with Crippen LogP contribution < -0.4 is 0 Å². The first-order valence-corrected chi connectivity index (χ1v) is 36.2. The molecule has 0 aliphatic carbocycles. The van der Waals surface area contributed by atoms with Gasteiger partial charge in [-0.25, -0.2) is 0 Å². The molecule has 4 aromatic heterocycles. The third kappa shape index (κ3) is 10.9. The number of benzene rings is 16. The van der Waals surface area contributed by atoms with E-state index in [0.29, 0.717) is 0 Å². The Balaban J connectivity index is 0.000000101. The number of hydrogen-bond donors (Lipinski definition) is 0. The van der Waals surface area contributed by atoms with E-state index in [4.69, 9.17) is 0 Å². The van der Waals surface area contributed by atoms with Crippen LogP contribution in [-0.4, -0.2) is 18.3 Å². The molecule has 0 aliphatic heterocycles. The quantitative estimate of drug-likeness (QED) is 0.0764. The summed E-state index contributed by atoms with van der Waals surface area (Å²) < 4.78 is 9.83. The van der Waals surface area contributed by atoms with Crippen molar-refractivity contribution in [1.82, 2.24) is 18.3 Å². The van der Waals surface area contributed by atoms with Crippen molar-refractivity contribution in [2.45, 2.75) is 64.7 Å². The van der Waals surface area contributed by atoms with Crippen LogP contribution in [0.15, 0.2) is 342 Å². The fraction of sp³-hybridized carbons (Fsp3) is 0.102. The molecule has 20 aromatic rings. The Kier molecular flexibility index (Phi) is 17.0. The van der Waals surface area contributed by atoms with E-state index in [-0.39, 0.29) is 0 Å². The molecule has 0 saturated carbocycles. The molecular formula is C98H80N4. The van der Waals surface area contributed by atoms with Crippen LogP contribution in [0, 0.1) is 0 Å². The molecule has 492 valence electrons. The van der Waals surface area contributed by atoms with Gasteiger partial charge in [0.15, 0.2) is 0 Å². The second kappa shape index (κ2) is 27.5. The molecule has 4 heterocycles. The van der Waals surface area contributed by atoms with Crippen molar-refractivity contribution < 1.29 is 0 Å². The highest BCUT2D eigenvalue weighted by atomic mass is 15.0. The van der Waals surface area contributed by atoms with E-state index in [1.54, 1.807) is 0 Å². The smallest absolute Gasteiger partial charge is 0.0501 e. The van der Waals surface area contributed by atoms with Crippen molar-refractivity contribution in [2.75, 3.05) is 0 Å². The fourth-order valence-corrected chi connectivity index (χ4v) is 16.7. The van der Waals surface area contributed by atoms with Crippen molar-refractivity contribution in [3.8, 4) is 0 Å². The van der Waals surface area contributed by atoms with Crippen molar-refractivity contribution in [1.29, 1.82) is 0 Å². The fourth-order valence-electron chi connectivity index (χ4n) is 16.7. The minimum absolute atomic E-state index is 0.816. The first-order valence-electron chi connectivity index (χ1n) is 36.2. The minimum Gasteiger partial charge on any atom is -0.340 e. The number of hydrogen-bond acceptors (Lipinski definition) is 0. The maximum atomic E-state index is 3.95. The first kappa shape index (κ1) is 63.2. The molecule has 0 bridgehead atoms. The number of unbranched alkanes of at least 4 members (excludes halogenated alkanes) is 3. The first-order chi connectivity index (χ1) is 50.5. The minimum atomic E-state index is 0.816. The highest BCUT2D eigenvalue weighted by Crippen LogP contribution is 2.44. The van der Waals surface area contributed by atoms with Gasteiger partial charge in [0.2, 0.25) is 0 Å². The lowest BCUT2D eigenvalue weighted by molar-refractivity contribution is 0.643. The van der Waals surface area contributed by atoms with E-state index in [1.165, 1.54) is 186 Å². The Labute approximate surface area is 594 Å².